The molecule has 6 heteroatoms. The van der Waals surface area contributed by atoms with Crippen LogP contribution in [0.3, 0.4) is 0 Å². The van der Waals surface area contributed by atoms with E-state index in [0.29, 0.717) is 11.3 Å². The Labute approximate surface area is 91.4 Å². The van der Waals surface area contributed by atoms with Crippen LogP contribution >= 0.6 is 0 Å². The number of nitrogens with one attached hydrogen (secondary N) is 1. The van der Waals surface area contributed by atoms with Crippen molar-refractivity contribution in [1.82, 2.24) is 19.9 Å². The number of H-pyrrole nitrogens is 1. The number of imidazole rings is 1. The minimum Gasteiger partial charge on any atom is -0.469 e. The van der Waals surface area contributed by atoms with Gasteiger partial charge in [-0.25, -0.2) is 15.0 Å². The molecule has 6 nitrogen and oxygen atoms in total. The predicted molar refractivity (Wildman–Crippen MR) is 57.4 cm³/mol. The third kappa shape index (κ3) is 2.05. The number of nitrogens with zero attached hydrogens (tertiary/aromatic N) is 3. The zero-order chi connectivity index (χ0) is 11.4. The first kappa shape index (κ1) is 10.3. The van der Waals surface area contributed by atoms with Gasteiger partial charge in [0.25, 0.3) is 0 Å². The Bertz CT molecular complexity index is 532. The van der Waals surface area contributed by atoms with Crippen molar-refractivity contribution in [2.24, 2.45) is 0 Å². The zero-order valence-electron chi connectivity index (χ0n) is 8.67. The summed E-state index contributed by atoms with van der Waals surface area (Å²) in [7, 11) is 1.36. The maximum absolute atomic E-state index is 10.9. The molecule has 2 aromatic heterocycles. The summed E-state index contributed by atoms with van der Waals surface area (Å²) in [6.45, 7) is 0. The minimum absolute atomic E-state index is 0.218. The Balaban J connectivity index is 2.20. The molecule has 1 N–H and O–H groups in total. The third-order valence-corrected chi connectivity index (χ3v) is 2.04. The van der Waals surface area contributed by atoms with E-state index in [1.165, 1.54) is 13.4 Å². The number of rotatable bonds is 3. The van der Waals surface area contributed by atoms with E-state index in [2.05, 4.69) is 24.7 Å². The molecule has 82 valence electrons. The molecular weight excluding hydrogens is 208 g/mol. The highest BCUT2D eigenvalue weighted by Crippen LogP contribution is 2.10. The topological polar surface area (TPSA) is 80.8 Å². The maximum Gasteiger partial charge on any atom is 0.309 e. The van der Waals surface area contributed by atoms with Gasteiger partial charge >= 0.3 is 5.97 Å². The molecule has 2 aromatic rings. The number of carbonyl (C=O) groups is 1. The molecule has 0 amide bonds. The number of aromatic amines is 1. The number of ether oxygens (including phenoxy) is 1. The van der Waals surface area contributed by atoms with Crippen molar-refractivity contribution < 1.29 is 9.53 Å². The van der Waals surface area contributed by atoms with E-state index in [0.717, 1.165) is 5.52 Å². The smallest absolute Gasteiger partial charge is 0.309 e. The lowest BCUT2D eigenvalue weighted by molar-refractivity contribution is -0.139. The molecule has 0 saturated heterocycles. The average Bonchev–Trinajstić information content (AvgIpc) is 2.77. The van der Waals surface area contributed by atoms with E-state index in [1.54, 1.807) is 18.5 Å². The Hall–Kier alpha value is -2.24. The highest BCUT2D eigenvalue weighted by Gasteiger charge is 2.02. The van der Waals surface area contributed by atoms with Gasteiger partial charge in [0, 0.05) is 0 Å². The van der Waals surface area contributed by atoms with Crippen LogP contribution in [0.5, 0.6) is 0 Å². The van der Waals surface area contributed by atoms with Crippen LogP contribution in [0.1, 0.15) is 12.1 Å². The van der Waals surface area contributed by atoms with Gasteiger partial charge < -0.3 is 9.72 Å². The summed E-state index contributed by atoms with van der Waals surface area (Å²) >= 11 is 0. The Morgan fingerprint density at radius 3 is 3.19 bits per heavy atom. The van der Waals surface area contributed by atoms with Gasteiger partial charge in [-0.15, -0.1) is 0 Å². The van der Waals surface area contributed by atoms with Crippen molar-refractivity contribution in [2.75, 3.05) is 7.11 Å². The summed E-state index contributed by atoms with van der Waals surface area (Å²) < 4.78 is 4.52. The van der Waals surface area contributed by atoms with Crippen molar-refractivity contribution >= 4 is 23.2 Å². The van der Waals surface area contributed by atoms with Gasteiger partial charge in [-0.05, 0) is 6.08 Å². The summed E-state index contributed by atoms with van der Waals surface area (Å²) in [6, 6.07) is 0. The normalized spacial score (nSPS) is 11.1. The van der Waals surface area contributed by atoms with Crippen LogP contribution in [0.2, 0.25) is 0 Å². The molecule has 0 aliphatic heterocycles. The van der Waals surface area contributed by atoms with Crippen molar-refractivity contribution in [3.63, 3.8) is 0 Å². The molecule has 0 radical (unpaired) electrons. The monoisotopic (exact) mass is 218 g/mol. The molecular formula is C10H10N4O2. The molecule has 0 atom stereocenters. The van der Waals surface area contributed by atoms with Crippen LogP contribution in [0, 0.1) is 0 Å². The van der Waals surface area contributed by atoms with Crippen molar-refractivity contribution in [1.29, 1.82) is 0 Å². The van der Waals surface area contributed by atoms with E-state index in [1.807, 2.05) is 0 Å². The number of aromatic nitrogens is 4. The van der Waals surface area contributed by atoms with Crippen LogP contribution in [0.4, 0.5) is 0 Å². The molecule has 0 fully saturated rings. The molecule has 16 heavy (non-hydrogen) atoms. The van der Waals surface area contributed by atoms with Gasteiger partial charge in [0.15, 0.2) is 5.65 Å². The second-order valence-corrected chi connectivity index (χ2v) is 3.04. The summed E-state index contributed by atoms with van der Waals surface area (Å²) in [4.78, 5) is 25.9. The highest BCUT2D eigenvalue weighted by atomic mass is 16.5. The van der Waals surface area contributed by atoms with Gasteiger partial charge in [0.1, 0.15) is 11.8 Å². The van der Waals surface area contributed by atoms with E-state index in [9.17, 15) is 4.79 Å². The summed E-state index contributed by atoms with van der Waals surface area (Å²) in [5, 5.41) is 0. The number of hydrogen-bond donors (Lipinski definition) is 1. The van der Waals surface area contributed by atoms with Crippen molar-refractivity contribution in [3.8, 4) is 0 Å². The van der Waals surface area contributed by atoms with Crippen LogP contribution < -0.4 is 0 Å². The van der Waals surface area contributed by atoms with E-state index >= 15 is 0 Å². The standard InChI is InChI=1S/C10H10N4O2/c1-16-8(15)4-2-3-7-9-10(13-5-11-7)14-6-12-9/h2-3,5-6H,4H2,1H3,(H,11,12,13,14). The van der Waals surface area contributed by atoms with Gasteiger partial charge in [0.05, 0.1) is 25.6 Å². The quantitative estimate of drug-likeness (QED) is 0.775. The average molecular weight is 218 g/mol. The molecule has 0 unspecified atom stereocenters. The molecule has 0 saturated carbocycles. The third-order valence-electron chi connectivity index (χ3n) is 2.04. The lowest BCUT2D eigenvalue weighted by atomic mass is 10.3. The predicted octanol–water partition coefficient (Wildman–Crippen LogP) is 0.929. The Morgan fingerprint density at radius 1 is 1.50 bits per heavy atom. The second-order valence-electron chi connectivity index (χ2n) is 3.04. The summed E-state index contributed by atoms with van der Waals surface area (Å²) in [6.07, 6.45) is 6.63. The molecule has 0 aromatic carbocycles. The van der Waals surface area contributed by atoms with E-state index in [-0.39, 0.29) is 12.4 Å². The van der Waals surface area contributed by atoms with Gasteiger partial charge in [0.2, 0.25) is 0 Å². The Kier molecular flexibility index (Phi) is 2.90. The van der Waals surface area contributed by atoms with Crippen molar-refractivity contribution in [3.05, 3.63) is 24.4 Å². The van der Waals surface area contributed by atoms with Crippen molar-refractivity contribution in [2.45, 2.75) is 6.42 Å². The van der Waals surface area contributed by atoms with E-state index in [4.69, 9.17) is 0 Å². The molecule has 2 heterocycles. The second kappa shape index (κ2) is 4.52. The molecule has 0 aliphatic rings. The number of hydrogen-bond acceptors (Lipinski definition) is 5. The van der Waals surface area contributed by atoms with Gasteiger partial charge in [-0.2, -0.15) is 0 Å². The van der Waals surface area contributed by atoms with Crippen LogP contribution in [0.15, 0.2) is 18.7 Å². The van der Waals surface area contributed by atoms with Crippen LogP contribution in [-0.4, -0.2) is 33.0 Å². The molecule has 0 spiro atoms. The summed E-state index contributed by atoms with van der Waals surface area (Å²) in [5.74, 6) is -0.286. The lowest BCUT2D eigenvalue weighted by Gasteiger charge is -1.94. The number of fused-ring (bicyclic) bond motifs is 1. The minimum atomic E-state index is -0.286. The maximum atomic E-state index is 10.9. The fraction of sp³-hybridized carbons (Fsp3) is 0.200. The fourth-order valence-corrected chi connectivity index (χ4v) is 1.26. The lowest BCUT2D eigenvalue weighted by Crippen LogP contribution is -1.96. The SMILES string of the molecule is COC(=O)CC=Cc1ncnc2nc[nH]c12. The first-order valence-electron chi connectivity index (χ1n) is 4.68. The number of carbonyl (C=O) groups excluding carboxylic acids is 1. The fourth-order valence-electron chi connectivity index (χ4n) is 1.26. The number of esters is 1. The molecule has 0 aliphatic carbocycles. The first-order valence-corrected chi connectivity index (χ1v) is 4.68. The Morgan fingerprint density at radius 2 is 2.38 bits per heavy atom. The highest BCUT2D eigenvalue weighted by molar-refractivity contribution is 5.80. The van der Waals surface area contributed by atoms with Crippen LogP contribution in [0.25, 0.3) is 17.2 Å². The first-order chi connectivity index (χ1) is 7.81. The van der Waals surface area contributed by atoms with Gasteiger partial charge in [-0.3, -0.25) is 4.79 Å². The van der Waals surface area contributed by atoms with Gasteiger partial charge in [-0.1, -0.05) is 6.08 Å². The molecule has 0 bridgehead atoms. The largest absolute Gasteiger partial charge is 0.469 e. The zero-order valence-corrected chi connectivity index (χ0v) is 8.67. The van der Waals surface area contributed by atoms with Crippen LogP contribution in [-0.2, 0) is 9.53 Å². The number of methoxy groups -OCH3 is 1. The summed E-state index contributed by atoms with van der Waals surface area (Å²) in [5.41, 5.74) is 2.06. The van der Waals surface area contributed by atoms with E-state index < -0.39 is 0 Å². The molecule has 2 rings (SSSR count).